The zero-order valence-electron chi connectivity index (χ0n) is 16.9. The van der Waals surface area contributed by atoms with Crippen LogP contribution < -0.4 is 11.2 Å². The first-order valence-corrected chi connectivity index (χ1v) is 10.9. The van der Waals surface area contributed by atoms with Crippen LogP contribution in [0.4, 0.5) is 8.78 Å². The second-order valence-electron chi connectivity index (χ2n) is 7.45. The number of hydrogen-bond acceptors (Lipinski definition) is 4. The number of aryl methyl sites for hydroxylation is 2. The SMILES string of the molecule is Cc1ccc2c(=O)n(-c3c(F)cc(CC(=O)CCc4ccc(Cl)s4)cc3F)c(=O)[nH]c2c1. The first-order valence-electron chi connectivity index (χ1n) is 9.73. The second kappa shape index (κ2) is 8.80. The van der Waals surface area contributed by atoms with Crippen molar-refractivity contribution in [1.29, 1.82) is 0 Å². The molecule has 0 saturated carbocycles. The van der Waals surface area contributed by atoms with Gasteiger partial charge < -0.3 is 4.98 Å². The number of thiophene rings is 1. The fourth-order valence-electron chi connectivity index (χ4n) is 3.53. The van der Waals surface area contributed by atoms with Gasteiger partial charge in [0.15, 0.2) is 11.6 Å². The number of nitrogens with zero attached hydrogens (tertiary/aromatic N) is 1. The van der Waals surface area contributed by atoms with Gasteiger partial charge in [-0.1, -0.05) is 17.7 Å². The van der Waals surface area contributed by atoms with Crippen molar-refractivity contribution in [2.24, 2.45) is 0 Å². The van der Waals surface area contributed by atoms with E-state index in [9.17, 15) is 23.2 Å². The van der Waals surface area contributed by atoms with Gasteiger partial charge in [0, 0.05) is 17.7 Å². The predicted octanol–water partition coefficient (Wildman–Crippen LogP) is 4.72. The molecule has 2 aromatic heterocycles. The standard InChI is InChI=1S/C23H17ClF2N2O3S/c1-12-2-6-16-19(8-12)27-23(31)28(22(16)30)21-17(25)10-13(11-18(21)26)9-14(29)3-4-15-5-7-20(24)32-15/h2,5-8,10-11H,3-4,9H2,1H3,(H,27,31). The number of halogens is 3. The summed E-state index contributed by atoms with van der Waals surface area (Å²) in [6.45, 7) is 1.79. The van der Waals surface area contributed by atoms with Gasteiger partial charge >= 0.3 is 5.69 Å². The highest BCUT2D eigenvalue weighted by molar-refractivity contribution is 7.16. The Bertz CT molecular complexity index is 1450. The van der Waals surface area contributed by atoms with Crippen LogP contribution in [0.1, 0.15) is 22.4 Å². The van der Waals surface area contributed by atoms with Crippen LogP contribution in [0.2, 0.25) is 4.34 Å². The Morgan fingerprint density at radius 1 is 1.09 bits per heavy atom. The van der Waals surface area contributed by atoms with Gasteiger partial charge in [0.25, 0.3) is 5.56 Å². The highest BCUT2D eigenvalue weighted by atomic mass is 35.5. The molecule has 0 atom stereocenters. The van der Waals surface area contributed by atoms with E-state index in [4.69, 9.17) is 11.6 Å². The summed E-state index contributed by atoms with van der Waals surface area (Å²) < 4.78 is 30.8. The molecular formula is C23H17ClF2N2O3S. The van der Waals surface area contributed by atoms with Crippen LogP contribution in [0, 0.1) is 18.6 Å². The zero-order chi connectivity index (χ0) is 23.0. The number of hydrogen-bond donors (Lipinski definition) is 1. The van der Waals surface area contributed by atoms with E-state index in [2.05, 4.69) is 4.98 Å². The number of aromatic nitrogens is 2. The summed E-state index contributed by atoms with van der Waals surface area (Å²) in [4.78, 5) is 41.0. The van der Waals surface area contributed by atoms with Gasteiger partial charge in [-0.2, -0.15) is 0 Å². The Balaban J connectivity index is 1.63. The fraction of sp³-hybridized carbons (Fsp3) is 0.174. The molecule has 0 amide bonds. The molecule has 164 valence electrons. The van der Waals surface area contributed by atoms with E-state index in [1.807, 2.05) is 6.07 Å². The van der Waals surface area contributed by atoms with Gasteiger partial charge in [0.05, 0.1) is 15.2 Å². The van der Waals surface area contributed by atoms with Gasteiger partial charge in [-0.25, -0.2) is 18.1 Å². The molecule has 0 aliphatic carbocycles. The summed E-state index contributed by atoms with van der Waals surface area (Å²) in [6.07, 6.45) is 0.515. The lowest BCUT2D eigenvalue weighted by molar-refractivity contribution is -0.118. The van der Waals surface area contributed by atoms with Crippen molar-refractivity contribution in [2.45, 2.75) is 26.2 Å². The third kappa shape index (κ3) is 4.42. The first-order chi connectivity index (χ1) is 15.2. The van der Waals surface area contributed by atoms with Crippen LogP contribution in [0.15, 0.2) is 52.1 Å². The van der Waals surface area contributed by atoms with Crippen molar-refractivity contribution in [2.75, 3.05) is 0 Å². The average molecular weight is 475 g/mol. The zero-order valence-corrected chi connectivity index (χ0v) is 18.4. The van der Waals surface area contributed by atoms with E-state index in [1.54, 1.807) is 25.1 Å². The second-order valence-corrected chi connectivity index (χ2v) is 9.25. The summed E-state index contributed by atoms with van der Waals surface area (Å²) in [7, 11) is 0. The summed E-state index contributed by atoms with van der Waals surface area (Å²) in [5, 5.41) is 0.127. The van der Waals surface area contributed by atoms with Crippen molar-refractivity contribution in [1.82, 2.24) is 9.55 Å². The van der Waals surface area contributed by atoms with E-state index in [0.29, 0.717) is 15.3 Å². The summed E-state index contributed by atoms with van der Waals surface area (Å²) >= 11 is 7.24. The lowest BCUT2D eigenvalue weighted by Crippen LogP contribution is -2.35. The Labute approximate surface area is 189 Å². The normalized spacial score (nSPS) is 11.2. The van der Waals surface area contributed by atoms with Gasteiger partial charge in [0.2, 0.25) is 0 Å². The highest BCUT2D eigenvalue weighted by Gasteiger charge is 2.19. The van der Waals surface area contributed by atoms with Gasteiger partial charge in [-0.15, -0.1) is 11.3 Å². The maximum atomic E-state index is 14.8. The summed E-state index contributed by atoms with van der Waals surface area (Å²) in [5.41, 5.74) is -1.34. The molecule has 0 saturated heterocycles. The molecule has 0 fully saturated rings. The van der Waals surface area contributed by atoms with E-state index in [-0.39, 0.29) is 35.1 Å². The van der Waals surface area contributed by atoms with Crippen LogP contribution in [-0.2, 0) is 17.6 Å². The molecule has 0 aliphatic rings. The quantitative estimate of drug-likeness (QED) is 0.439. The number of nitrogens with one attached hydrogen (secondary N) is 1. The van der Waals surface area contributed by atoms with E-state index in [0.717, 1.165) is 22.6 Å². The molecule has 2 heterocycles. The van der Waals surface area contributed by atoms with Gasteiger partial charge in [0.1, 0.15) is 11.5 Å². The minimum atomic E-state index is -1.10. The molecule has 0 unspecified atom stereocenters. The Kier molecular flexibility index (Phi) is 6.08. The number of ketones is 1. The number of fused-ring (bicyclic) bond motifs is 1. The maximum Gasteiger partial charge on any atom is 0.333 e. The number of H-pyrrole nitrogens is 1. The third-order valence-electron chi connectivity index (χ3n) is 5.03. The predicted molar refractivity (Wildman–Crippen MR) is 121 cm³/mol. The largest absolute Gasteiger partial charge is 0.333 e. The van der Waals surface area contributed by atoms with Crippen LogP contribution in [-0.4, -0.2) is 15.3 Å². The molecular weight excluding hydrogens is 458 g/mol. The molecule has 0 radical (unpaired) electrons. The average Bonchev–Trinajstić information content (AvgIpc) is 3.13. The van der Waals surface area contributed by atoms with Crippen molar-refractivity contribution in [3.05, 3.63) is 95.3 Å². The van der Waals surface area contributed by atoms with Crippen LogP contribution in [0.25, 0.3) is 16.6 Å². The third-order valence-corrected chi connectivity index (χ3v) is 6.32. The smallest absolute Gasteiger partial charge is 0.306 e. The van der Waals surface area contributed by atoms with Crippen LogP contribution in [0.3, 0.4) is 0 Å². The molecule has 5 nitrogen and oxygen atoms in total. The van der Waals surface area contributed by atoms with Crippen molar-refractivity contribution in [3.8, 4) is 5.69 Å². The lowest BCUT2D eigenvalue weighted by atomic mass is 10.0. The molecule has 4 aromatic rings. The molecule has 9 heteroatoms. The number of carbonyl (C=O) groups is 1. The number of Topliss-reactive ketones (excluding diaryl/α,β-unsaturated/α-hetero) is 1. The number of benzene rings is 2. The lowest BCUT2D eigenvalue weighted by Gasteiger charge is -2.11. The molecule has 0 aliphatic heterocycles. The molecule has 1 N–H and O–H groups in total. The molecule has 0 bridgehead atoms. The minimum Gasteiger partial charge on any atom is -0.306 e. The topological polar surface area (TPSA) is 71.9 Å². The fourth-order valence-corrected chi connectivity index (χ4v) is 4.62. The van der Waals surface area contributed by atoms with Gasteiger partial charge in [-0.05, 0) is 60.9 Å². The van der Waals surface area contributed by atoms with Crippen molar-refractivity contribution < 1.29 is 13.6 Å². The molecule has 2 aromatic carbocycles. The number of carbonyl (C=O) groups excluding carboxylic acids is 1. The Morgan fingerprint density at radius 2 is 1.81 bits per heavy atom. The van der Waals surface area contributed by atoms with E-state index in [1.165, 1.54) is 17.4 Å². The van der Waals surface area contributed by atoms with Crippen molar-refractivity contribution in [3.63, 3.8) is 0 Å². The minimum absolute atomic E-state index is 0.124. The Morgan fingerprint density at radius 3 is 2.47 bits per heavy atom. The number of rotatable bonds is 6. The molecule has 32 heavy (non-hydrogen) atoms. The molecule has 0 spiro atoms. The highest BCUT2D eigenvalue weighted by Crippen LogP contribution is 2.23. The van der Waals surface area contributed by atoms with Crippen molar-refractivity contribution >= 4 is 39.6 Å². The van der Waals surface area contributed by atoms with Crippen LogP contribution in [0.5, 0.6) is 0 Å². The first kappa shape index (κ1) is 22.1. The van der Waals surface area contributed by atoms with Gasteiger partial charge in [-0.3, -0.25) is 9.59 Å². The monoisotopic (exact) mass is 474 g/mol. The maximum absolute atomic E-state index is 14.8. The van der Waals surface area contributed by atoms with Crippen LogP contribution >= 0.6 is 22.9 Å². The van der Waals surface area contributed by atoms with E-state index < -0.39 is 28.6 Å². The Hall–Kier alpha value is -3.10. The molecule has 4 rings (SSSR count). The van der Waals surface area contributed by atoms with E-state index >= 15 is 0 Å². The summed E-state index contributed by atoms with van der Waals surface area (Å²) in [6, 6.07) is 10.3. The summed E-state index contributed by atoms with van der Waals surface area (Å²) in [5.74, 6) is -2.40. The number of aromatic amines is 1.